The van der Waals surface area contributed by atoms with Gasteiger partial charge in [0.25, 0.3) is 0 Å². The highest BCUT2D eigenvalue weighted by molar-refractivity contribution is 5.78. The predicted molar refractivity (Wildman–Crippen MR) is 58.8 cm³/mol. The van der Waals surface area contributed by atoms with Gasteiger partial charge in [-0.05, 0) is 19.8 Å². The highest BCUT2D eigenvalue weighted by Gasteiger charge is 2.17. The number of hydrogen-bond donors (Lipinski definition) is 1. The Morgan fingerprint density at radius 3 is 2.94 bits per heavy atom. The van der Waals surface area contributed by atoms with E-state index in [1.807, 2.05) is 17.9 Å². The molecule has 0 aromatic carbocycles. The van der Waals surface area contributed by atoms with Gasteiger partial charge in [0.15, 0.2) is 5.76 Å². The van der Waals surface area contributed by atoms with Gasteiger partial charge in [-0.1, -0.05) is 5.16 Å². The number of carbonyl (C=O) groups excluding carboxylic acids is 1. The van der Waals surface area contributed by atoms with Crippen LogP contribution in [0.25, 0.3) is 0 Å². The van der Waals surface area contributed by atoms with E-state index in [4.69, 9.17) is 4.52 Å². The van der Waals surface area contributed by atoms with Gasteiger partial charge in [0, 0.05) is 19.2 Å². The van der Waals surface area contributed by atoms with Crippen LogP contribution < -0.4 is 5.32 Å². The Morgan fingerprint density at radius 2 is 2.31 bits per heavy atom. The van der Waals surface area contributed by atoms with Crippen molar-refractivity contribution in [2.45, 2.75) is 26.3 Å². The molecular formula is C11H17N3O2. The Balaban J connectivity index is 1.69. The molecule has 0 saturated carbocycles. The summed E-state index contributed by atoms with van der Waals surface area (Å²) in [4.78, 5) is 13.6. The molecule has 0 radical (unpaired) electrons. The number of rotatable bonds is 4. The van der Waals surface area contributed by atoms with Crippen molar-refractivity contribution in [2.24, 2.45) is 0 Å². The van der Waals surface area contributed by atoms with E-state index in [-0.39, 0.29) is 5.91 Å². The summed E-state index contributed by atoms with van der Waals surface area (Å²) in [7, 11) is 0. The standard InChI is InChI=1S/C11H17N3O2/c1-9-6-10(16-13-9)7-12-8-11(15)14-4-2-3-5-14/h6,12H,2-5,7-8H2,1H3. The van der Waals surface area contributed by atoms with Crippen LogP contribution in [0.1, 0.15) is 24.3 Å². The summed E-state index contributed by atoms with van der Waals surface area (Å²) in [6.45, 7) is 4.62. The molecule has 5 heteroatoms. The van der Waals surface area contributed by atoms with Crippen molar-refractivity contribution in [3.05, 3.63) is 17.5 Å². The third kappa shape index (κ3) is 2.82. The summed E-state index contributed by atoms with van der Waals surface area (Å²) in [5.41, 5.74) is 0.864. The number of aryl methyl sites for hydroxylation is 1. The topological polar surface area (TPSA) is 58.4 Å². The molecule has 2 rings (SSSR count). The van der Waals surface area contributed by atoms with Crippen LogP contribution in [0.4, 0.5) is 0 Å². The summed E-state index contributed by atoms with van der Waals surface area (Å²) in [6.07, 6.45) is 2.26. The van der Waals surface area contributed by atoms with E-state index in [2.05, 4.69) is 10.5 Å². The lowest BCUT2D eigenvalue weighted by Gasteiger charge is -2.14. The molecule has 0 spiro atoms. The minimum atomic E-state index is 0.175. The number of carbonyl (C=O) groups is 1. The summed E-state index contributed by atoms with van der Waals surface area (Å²) in [6, 6.07) is 1.87. The SMILES string of the molecule is Cc1cc(CNCC(=O)N2CCCC2)on1. The van der Waals surface area contributed by atoms with Crippen molar-refractivity contribution in [3.8, 4) is 0 Å². The van der Waals surface area contributed by atoms with Crippen molar-refractivity contribution in [2.75, 3.05) is 19.6 Å². The average molecular weight is 223 g/mol. The molecule has 1 aliphatic rings. The van der Waals surface area contributed by atoms with E-state index in [9.17, 15) is 4.79 Å². The second-order valence-corrected chi connectivity index (χ2v) is 4.13. The third-order valence-corrected chi connectivity index (χ3v) is 2.71. The number of aromatic nitrogens is 1. The molecular weight excluding hydrogens is 206 g/mol. The van der Waals surface area contributed by atoms with Crippen molar-refractivity contribution in [1.82, 2.24) is 15.4 Å². The first-order valence-corrected chi connectivity index (χ1v) is 5.66. The quantitative estimate of drug-likeness (QED) is 0.816. The Hall–Kier alpha value is -1.36. The second kappa shape index (κ2) is 5.12. The monoisotopic (exact) mass is 223 g/mol. The normalized spacial score (nSPS) is 15.7. The van der Waals surface area contributed by atoms with E-state index in [0.717, 1.165) is 37.4 Å². The van der Waals surface area contributed by atoms with Gasteiger partial charge in [-0.2, -0.15) is 0 Å². The fourth-order valence-electron chi connectivity index (χ4n) is 1.87. The van der Waals surface area contributed by atoms with Gasteiger partial charge in [0.05, 0.1) is 18.8 Å². The van der Waals surface area contributed by atoms with Crippen LogP contribution >= 0.6 is 0 Å². The smallest absolute Gasteiger partial charge is 0.236 e. The maximum atomic E-state index is 11.7. The lowest BCUT2D eigenvalue weighted by atomic mass is 10.4. The zero-order valence-electron chi connectivity index (χ0n) is 9.53. The van der Waals surface area contributed by atoms with Gasteiger partial charge < -0.3 is 14.7 Å². The molecule has 1 aromatic rings. The van der Waals surface area contributed by atoms with Crippen LogP contribution in [-0.4, -0.2) is 35.6 Å². The second-order valence-electron chi connectivity index (χ2n) is 4.13. The maximum absolute atomic E-state index is 11.7. The van der Waals surface area contributed by atoms with Gasteiger partial charge in [-0.25, -0.2) is 0 Å². The van der Waals surface area contributed by atoms with Crippen molar-refractivity contribution < 1.29 is 9.32 Å². The first-order valence-electron chi connectivity index (χ1n) is 5.66. The van der Waals surface area contributed by atoms with E-state index in [0.29, 0.717) is 13.1 Å². The van der Waals surface area contributed by atoms with Gasteiger partial charge >= 0.3 is 0 Å². The number of amides is 1. The molecule has 88 valence electrons. The summed E-state index contributed by atoms with van der Waals surface area (Å²) in [5, 5.41) is 6.85. The van der Waals surface area contributed by atoms with Crippen LogP contribution in [0.15, 0.2) is 10.6 Å². The van der Waals surface area contributed by atoms with E-state index < -0.39 is 0 Å². The van der Waals surface area contributed by atoms with Gasteiger partial charge in [-0.15, -0.1) is 0 Å². The molecule has 1 amide bonds. The Labute approximate surface area is 94.8 Å². The third-order valence-electron chi connectivity index (χ3n) is 2.71. The molecule has 0 aliphatic carbocycles. The summed E-state index contributed by atoms with van der Waals surface area (Å²) < 4.78 is 5.03. The fourth-order valence-corrected chi connectivity index (χ4v) is 1.87. The van der Waals surface area contributed by atoms with Crippen molar-refractivity contribution in [1.29, 1.82) is 0 Å². The zero-order valence-corrected chi connectivity index (χ0v) is 9.53. The van der Waals surface area contributed by atoms with Crippen molar-refractivity contribution in [3.63, 3.8) is 0 Å². The van der Waals surface area contributed by atoms with Crippen LogP contribution in [0.3, 0.4) is 0 Å². The highest BCUT2D eigenvalue weighted by Crippen LogP contribution is 2.07. The zero-order chi connectivity index (χ0) is 11.4. The molecule has 0 unspecified atom stereocenters. The summed E-state index contributed by atoms with van der Waals surface area (Å²) in [5.74, 6) is 0.945. The largest absolute Gasteiger partial charge is 0.360 e. The van der Waals surface area contributed by atoms with E-state index in [1.54, 1.807) is 0 Å². The Bertz CT molecular complexity index is 356. The van der Waals surface area contributed by atoms with Crippen molar-refractivity contribution >= 4 is 5.91 Å². The predicted octanol–water partition coefficient (Wildman–Crippen LogP) is 0.695. The molecule has 0 atom stereocenters. The van der Waals surface area contributed by atoms with Crippen LogP contribution in [0.5, 0.6) is 0 Å². The number of hydrogen-bond acceptors (Lipinski definition) is 4. The van der Waals surface area contributed by atoms with Gasteiger partial charge in [0.2, 0.25) is 5.91 Å². The molecule has 16 heavy (non-hydrogen) atoms. The molecule has 1 N–H and O–H groups in total. The minimum Gasteiger partial charge on any atom is -0.360 e. The molecule has 2 heterocycles. The maximum Gasteiger partial charge on any atom is 0.236 e. The fraction of sp³-hybridized carbons (Fsp3) is 0.636. The molecule has 5 nitrogen and oxygen atoms in total. The molecule has 1 aliphatic heterocycles. The average Bonchev–Trinajstić information content (AvgIpc) is 2.89. The summed E-state index contributed by atoms with van der Waals surface area (Å²) >= 11 is 0. The van der Waals surface area contributed by atoms with E-state index in [1.165, 1.54) is 0 Å². The van der Waals surface area contributed by atoms with E-state index >= 15 is 0 Å². The number of likely N-dealkylation sites (tertiary alicyclic amines) is 1. The highest BCUT2D eigenvalue weighted by atomic mass is 16.5. The first kappa shape index (κ1) is 11.1. The minimum absolute atomic E-state index is 0.175. The van der Waals surface area contributed by atoms with Gasteiger partial charge in [0.1, 0.15) is 0 Å². The van der Waals surface area contributed by atoms with Crippen LogP contribution in [0, 0.1) is 6.92 Å². The number of nitrogens with one attached hydrogen (secondary N) is 1. The molecule has 0 bridgehead atoms. The number of nitrogens with zero attached hydrogens (tertiary/aromatic N) is 2. The van der Waals surface area contributed by atoms with Crippen LogP contribution in [-0.2, 0) is 11.3 Å². The molecule has 1 fully saturated rings. The van der Waals surface area contributed by atoms with Crippen LogP contribution in [0.2, 0.25) is 0 Å². The molecule has 1 saturated heterocycles. The first-order chi connectivity index (χ1) is 7.75. The Morgan fingerprint density at radius 1 is 1.56 bits per heavy atom. The lowest BCUT2D eigenvalue weighted by molar-refractivity contribution is -0.129. The Kier molecular flexibility index (Phi) is 3.56. The molecule has 1 aromatic heterocycles. The van der Waals surface area contributed by atoms with Gasteiger partial charge in [-0.3, -0.25) is 4.79 Å². The lowest BCUT2D eigenvalue weighted by Crippen LogP contribution is -2.35.